The van der Waals surface area contributed by atoms with Gasteiger partial charge in [0.05, 0.1) is 26.7 Å². The van der Waals surface area contributed by atoms with Crippen LogP contribution in [0.15, 0.2) is 12.1 Å². The minimum absolute atomic E-state index is 0.0747. The summed E-state index contributed by atoms with van der Waals surface area (Å²) in [6.07, 6.45) is 2.06. The van der Waals surface area contributed by atoms with Crippen LogP contribution in [0.25, 0.3) is 0 Å². The predicted octanol–water partition coefficient (Wildman–Crippen LogP) is 3.56. The van der Waals surface area contributed by atoms with E-state index in [4.69, 9.17) is 39.5 Å². The van der Waals surface area contributed by atoms with E-state index in [9.17, 15) is 4.79 Å². The molecule has 6 heteroatoms. The van der Waals surface area contributed by atoms with E-state index < -0.39 is 0 Å². The standard InChI is InChI=1S/C12H12Cl3NO2/c13-8-3-4-9(14)11(15)10(8)12(17)16-6-7-2-1-5-18-7/h3-4,7H,1-2,5-6H2,(H,16,17). The number of halogens is 3. The van der Waals surface area contributed by atoms with Crippen LogP contribution in [0.4, 0.5) is 0 Å². The number of carbonyl (C=O) groups excluding carboxylic acids is 1. The molecule has 3 nitrogen and oxygen atoms in total. The van der Waals surface area contributed by atoms with Gasteiger partial charge in [-0.2, -0.15) is 0 Å². The Bertz CT molecular complexity index is 459. The first-order chi connectivity index (χ1) is 8.59. The molecule has 0 spiro atoms. The fraction of sp³-hybridized carbons (Fsp3) is 0.417. The van der Waals surface area contributed by atoms with Crippen molar-refractivity contribution in [1.29, 1.82) is 0 Å². The van der Waals surface area contributed by atoms with E-state index in [0.717, 1.165) is 19.4 Å². The van der Waals surface area contributed by atoms with E-state index >= 15 is 0 Å². The van der Waals surface area contributed by atoms with Crippen LogP contribution in [-0.4, -0.2) is 25.2 Å². The van der Waals surface area contributed by atoms with Crippen LogP contribution in [-0.2, 0) is 4.74 Å². The summed E-state index contributed by atoms with van der Waals surface area (Å²) >= 11 is 17.8. The zero-order chi connectivity index (χ0) is 13.1. The van der Waals surface area contributed by atoms with Crippen molar-refractivity contribution in [3.8, 4) is 0 Å². The van der Waals surface area contributed by atoms with Crippen molar-refractivity contribution in [2.45, 2.75) is 18.9 Å². The molecule has 18 heavy (non-hydrogen) atoms. The van der Waals surface area contributed by atoms with Gasteiger partial charge in [-0.25, -0.2) is 0 Å². The molecule has 0 radical (unpaired) electrons. The molecule has 1 aliphatic heterocycles. The topological polar surface area (TPSA) is 38.3 Å². The quantitative estimate of drug-likeness (QED) is 0.867. The largest absolute Gasteiger partial charge is 0.376 e. The normalized spacial score (nSPS) is 18.9. The highest BCUT2D eigenvalue weighted by Gasteiger charge is 2.20. The molecule has 1 aromatic rings. The Hall–Kier alpha value is -0.480. The van der Waals surface area contributed by atoms with E-state index in [0.29, 0.717) is 11.6 Å². The average molecular weight is 309 g/mol. The number of hydrogen-bond acceptors (Lipinski definition) is 2. The summed E-state index contributed by atoms with van der Waals surface area (Å²) in [4.78, 5) is 12.0. The molecule has 1 saturated heterocycles. The van der Waals surface area contributed by atoms with Crippen molar-refractivity contribution in [3.63, 3.8) is 0 Å². The Labute approximate surface area is 120 Å². The number of nitrogens with one attached hydrogen (secondary N) is 1. The summed E-state index contributed by atoms with van der Waals surface area (Å²) in [6, 6.07) is 3.11. The molecule has 1 heterocycles. The molecular weight excluding hydrogens is 296 g/mol. The highest BCUT2D eigenvalue weighted by Crippen LogP contribution is 2.31. The van der Waals surface area contributed by atoms with E-state index in [1.807, 2.05) is 0 Å². The third-order valence-corrected chi connectivity index (χ3v) is 3.90. The van der Waals surface area contributed by atoms with E-state index in [1.54, 1.807) is 12.1 Å². The Morgan fingerprint density at radius 2 is 2.06 bits per heavy atom. The Morgan fingerprint density at radius 1 is 1.33 bits per heavy atom. The highest BCUT2D eigenvalue weighted by atomic mass is 35.5. The summed E-state index contributed by atoms with van der Waals surface area (Å²) < 4.78 is 5.42. The fourth-order valence-corrected chi connectivity index (χ4v) is 2.54. The maximum Gasteiger partial charge on any atom is 0.254 e. The van der Waals surface area contributed by atoms with Crippen LogP contribution in [0.2, 0.25) is 15.1 Å². The SMILES string of the molecule is O=C(NCC1CCCO1)c1c(Cl)ccc(Cl)c1Cl. The zero-order valence-electron chi connectivity index (χ0n) is 9.51. The molecule has 98 valence electrons. The van der Waals surface area contributed by atoms with Gasteiger partial charge in [-0.3, -0.25) is 4.79 Å². The van der Waals surface area contributed by atoms with Gasteiger partial charge in [0.25, 0.3) is 5.91 Å². The van der Waals surface area contributed by atoms with E-state index in [2.05, 4.69) is 5.32 Å². The number of amides is 1. The lowest BCUT2D eigenvalue weighted by Crippen LogP contribution is -2.32. The smallest absolute Gasteiger partial charge is 0.254 e. The summed E-state index contributed by atoms with van der Waals surface area (Å²) in [5, 5.41) is 3.53. The molecule has 0 aliphatic carbocycles. The van der Waals surface area contributed by atoms with Crippen LogP contribution in [0.3, 0.4) is 0 Å². The molecule has 0 bridgehead atoms. The molecular formula is C12H12Cl3NO2. The van der Waals surface area contributed by atoms with E-state index in [-0.39, 0.29) is 27.6 Å². The first-order valence-corrected chi connectivity index (χ1v) is 6.76. The molecule has 1 aromatic carbocycles. The van der Waals surface area contributed by atoms with Crippen LogP contribution < -0.4 is 5.32 Å². The average Bonchev–Trinajstić information content (AvgIpc) is 2.85. The summed E-state index contributed by atoms with van der Waals surface area (Å²) in [5.41, 5.74) is 0.212. The van der Waals surface area contributed by atoms with Crippen LogP contribution in [0.1, 0.15) is 23.2 Å². The molecule has 1 unspecified atom stereocenters. The van der Waals surface area contributed by atoms with Gasteiger partial charge in [0.15, 0.2) is 0 Å². The van der Waals surface area contributed by atoms with Crippen LogP contribution >= 0.6 is 34.8 Å². The monoisotopic (exact) mass is 307 g/mol. The maximum absolute atomic E-state index is 12.0. The summed E-state index contributed by atoms with van der Waals surface area (Å²) in [7, 11) is 0. The maximum atomic E-state index is 12.0. The molecule has 1 atom stereocenters. The molecule has 1 fully saturated rings. The molecule has 2 rings (SSSR count). The third-order valence-electron chi connectivity index (χ3n) is 2.79. The van der Waals surface area contributed by atoms with Crippen molar-refractivity contribution in [2.24, 2.45) is 0 Å². The van der Waals surface area contributed by atoms with Crippen molar-refractivity contribution in [2.75, 3.05) is 13.2 Å². The second-order valence-electron chi connectivity index (χ2n) is 4.06. The lowest BCUT2D eigenvalue weighted by Gasteiger charge is -2.12. The number of benzene rings is 1. The first-order valence-electron chi connectivity index (χ1n) is 5.63. The first kappa shape index (κ1) is 13.9. The van der Waals surface area contributed by atoms with Crippen molar-refractivity contribution < 1.29 is 9.53 Å². The second-order valence-corrected chi connectivity index (χ2v) is 5.26. The number of hydrogen-bond donors (Lipinski definition) is 1. The van der Waals surface area contributed by atoms with Gasteiger partial charge in [0, 0.05) is 13.2 Å². The van der Waals surface area contributed by atoms with Crippen LogP contribution in [0, 0.1) is 0 Å². The Kier molecular flexibility index (Phi) is 4.73. The minimum Gasteiger partial charge on any atom is -0.376 e. The molecule has 0 aromatic heterocycles. The van der Waals surface area contributed by atoms with Gasteiger partial charge in [0.1, 0.15) is 0 Å². The van der Waals surface area contributed by atoms with Gasteiger partial charge < -0.3 is 10.1 Å². The van der Waals surface area contributed by atoms with Gasteiger partial charge in [-0.1, -0.05) is 34.8 Å². The van der Waals surface area contributed by atoms with E-state index in [1.165, 1.54) is 0 Å². The van der Waals surface area contributed by atoms with Crippen molar-refractivity contribution in [3.05, 3.63) is 32.8 Å². The number of carbonyl (C=O) groups is 1. The molecule has 1 amide bonds. The second kappa shape index (κ2) is 6.11. The van der Waals surface area contributed by atoms with Gasteiger partial charge >= 0.3 is 0 Å². The van der Waals surface area contributed by atoms with Gasteiger partial charge in [-0.05, 0) is 25.0 Å². The zero-order valence-corrected chi connectivity index (χ0v) is 11.8. The number of ether oxygens (including phenoxy) is 1. The van der Waals surface area contributed by atoms with Crippen LogP contribution in [0.5, 0.6) is 0 Å². The Balaban J connectivity index is 2.06. The predicted molar refractivity (Wildman–Crippen MR) is 72.8 cm³/mol. The lowest BCUT2D eigenvalue weighted by molar-refractivity contribution is 0.0858. The van der Waals surface area contributed by atoms with Crippen molar-refractivity contribution in [1.82, 2.24) is 5.32 Å². The van der Waals surface area contributed by atoms with Crippen molar-refractivity contribution >= 4 is 40.7 Å². The third kappa shape index (κ3) is 3.09. The minimum atomic E-state index is -0.331. The number of rotatable bonds is 3. The molecule has 0 saturated carbocycles. The van der Waals surface area contributed by atoms with Gasteiger partial charge in [0.2, 0.25) is 0 Å². The molecule has 1 N–H and O–H groups in total. The van der Waals surface area contributed by atoms with Gasteiger partial charge in [-0.15, -0.1) is 0 Å². The summed E-state index contributed by atoms with van der Waals surface area (Å²) in [5.74, 6) is -0.331. The molecule has 1 aliphatic rings. The Morgan fingerprint density at radius 3 is 2.72 bits per heavy atom. The summed E-state index contributed by atoms with van der Waals surface area (Å²) in [6.45, 7) is 1.21. The fourth-order valence-electron chi connectivity index (χ4n) is 1.84. The highest BCUT2D eigenvalue weighted by molar-refractivity contribution is 6.46. The lowest BCUT2D eigenvalue weighted by atomic mass is 10.2.